The number of hydrogen-bond donors (Lipinski definition) is 2. The lowest BCUT2D eigenvalue weighted by molar-refractivity contribution is -0.134. The number of carbonyl (C=O) groups excluding carboxylic acids is 1. The van der Waals surface area contributed by atoms with Gasteiger partial charge >= 0.3 is 0 Å². The molecule has 1 atom stereocenters. The molecule has 0 bridgehead atoms. The molecule has 4 rings (SSSR count). The third-order valence-corrected chi connectivity index (χ3v) is 8.94. The van der Waals surface area contributed by atoms with Crippen LogP contribution in [0.3, 0.4) is 0 Å². The first-order valence-corrected chi connectivity index (χ1v) is 14.6. The van der Waals surface area contributed by atoms with Gasteiger partial charge < -0.3 is 19.6 Å². The van der Waals surface area contributed by atoms with Crippen LogP contribution in [0.15, 0.2) is 47.4 Å². The van der Waals surface area contributed by atoms with Crippen molar-refractivity contribution in [3.05, 3.63) is 47.5 Å². The molecular formula is C27H36ClN3O5S. The van der Waals surface area contributed by atoms with Crippen LogP contribution in [0, 0.1) is 5.41 Å². The van der Waals surface area contributed by atoms with Gasteiger partial charge in [0, 0.05) is 49.6 Å². The van der Waals surface area contributed by atoms with Gasteiger partial charge in [-0.05, 0) is 61.7 Å². The van der Waals surface area contributed by atoms with Crippen molar-refractivity contribution in [2.45, 2.75) is 43.6 Å². The summed E-state index contributed by atoms with van der Waals surface area (Å²) in [5, 5.41) is 11.2. The van der Waals surface area contributed by atoms with E-state index in [0.717, 1.165) is 30.4 Å². The summed E-state index contributed by atoms with van der Waals surface area (Å²) in [6.45, 7) is 4.46. The number of sulfonamides is 1. The number of halogens is 1. The third kappa shape index (κ3) is 6.83. The maximum atomic E-state index is 13.2. The summed E-state index contributed by atoms with van der Waals surface area (Å²) >= 11 is 6.05. The Labute approximate surface area is 224 Å². The summed E-state index contributed by atoms with van der Waals surface area (Å²) in [4.78, 5) is 16.5. The molecule has 1 saturated heterocycles. The second kappa shape index (κ2) is 11.7. The minimum absolute atomic E-state index is 0.0389. The molecule has 202 valence electrons. The number of nitrogens with zero attached hydrogens (tertiary/aromatic N) is 2. The SMILES string of the molecule is CCCC(=O)N1CCC2(CC1)COc1cc(-c3ccc(Cl)cc3)ccc1S(=O)(=O)NCC(O)CN(C)C2. The number of fused-ring (bicyclic) bond motifs is 1. The van der Waals surface area contributed by atoms with Crippen LogP contribution in [0.5, 0.6) is 5.75 Å². The fourth-order valence-corrected chi connectivity index (χ4v) is 6.51. The molecule has 0 radical (unpaired) electrons. The lowest BCUT2D eigenvalue weighted by atomic mass is 9.78. The van der Waals surface area contributed by atoms with E-state index in [-0.39, 0.29) is 28.5 Å². The molecule has 37 heavy (non-hydrogen) atoms. The quantitative estimate of drug-likeness (QED) is 0.609. The summed E-state index contributed by atoms with van der Waals surface area (Å²) in [5.74, 6) is 0.437. The molecule has 1 amide bonds. The number of likely N-dealkylation sites (tertiary alicyclic amines) is 1. The molecule has 1 spiro atoms. The maximum Gasteiger partial charge on any atom is 0.244 e. The highest BCUT2D eigenvalue weighted by Crippen LogP contribution is 2.37. The van der Waals surface area contributed by atoms with Crippen LogP contribution >= 0.6 is 11.6 Å². The number of hydrogen-bond acceptors (Lipinski definition) is 6. The van der Waals surface area contributed by atoms with Gasteiger partial charge in [-0.15, -0.1) is 0 Å². The van der Waals surface area contributed by atoms with Gasteiger partial charge in [0.1, 0.15) is 10.6 Å². The van der Waals surface area contributed by atoms with Crippen molar-refractivity contribution in [1.82, 2.24) is 14.5 Å². The molecule has 0 aliphatic carbocycles. The zero-order chi connectivity index (χ0) is 26.6. The van der Waals surface area contributed by atoms with Crippen LogP contribution in [0.2, 0.25) is 5.02 Å². The monoisotopic (exact) mass is 549 g/mol. The van der Waals surface area contributed by atoms with Gasteiger partial charge in [0.05, 0.1) is 12.7 Å². The van der Waals surface area contributed by atoms with Gasteiger partial charge in [0.15, 0.2) is 0 Å². The highest BCUT2D eigenvalue weighted by molar-refractivity contribution is 7.89. The Balaban J connectivity index is 1.67. The van der Waals surface area contributed by atoms with Crippen LogP contribution in [0.1, 0.15) is 32.6 Å². The Morgan fingerprint density at radius 3 is 2.51 bits per heavy atom. The van der Waals surface area contributed by atoms with Gasteiger partial charge in [-0.2, -0.15) is 0 Å². The molecule has 2 aromatic rings. The van der Waals surface area contributed by atoms with Crippen LogP contribution in [0.25, 0.3) is 11.1 Å². The predicted octanol–water partition coefficient (Wildman–Crippen LogP) is 3.38. The Morgan fingerprint density at radius 2 is 1.84 bits per heavy atom. The second-order valence-corrected chi connectivity index (χ2v) is 12.5. The first-order chi connectivity index (χ1) is 17.6. The molecule has 1 fully saturated rings. The highest BCUT2D eigenvalue weighted by atomic mass is 35.5. The Bertz CT molecular complexity index is 1200. The molecule has 1 unspecified atom stereocenters. The number of aliphatic hydroxyl groups excluding tert-OH is 1. The highest BCUT2D eigenvalue weighted by Gasteiger charge is 2.38. The number of piperidine rings is 1. The van der Waals surface area contributed by atoms with Gasteiger partial charge in [-0.3, -0.25) is 4.79 Å². The summed E-state index contributed by atoms with van der Waals surface area (Å²) in [7, 11) is -2.00. The third-order valence-electron chi connectivity index (χ3n) is 7.22. The molecule has 10 heteroatoms. The van der Waals surface area contributed by atoms with Crippen molar-refractivity contribution in [3.63, 3.8) is 0 Å². The van der Waals surface area contributed by atoms with Crippen LogP contribution in [-0.2, 0) is 14.8 Å². The molecular weight excluding hydrogens is 514 g/mol. The molecule has 2 aliphatic heterocycles. The van der Waals surface area contributed by atoms with Crippen LogP contribution in [-0.4, -0.2) is 81.7 Å². The average molecular weight is 550 g/mol. The zero-order valence-electron chi connectivity index (χ0n) is 21.5. The molecule has 0 saturated carbocycles. The van der Waals surface area contributed by atoms with Crippen molar-refractivity contribution in [2.24, 2.45) is 5.41 Å². The topological polar surface area (TPSA) is 99.2 Å². The number of rotatable bonds is 3. The zero-order valence-corrected chi connectivity index (χ0v) is 23.0. The number of aliphatic hydroxyl groups is 1. The first-order valence-electron chi connectivity index (χ1n) is 12.8. The first kappa shape index (κ1) is 27.9. The summed E-state index contributed by atoms with van der Waals surface area (Å²) < 4.78 is 35.3. The number of ether oxygens (including phenoxy) is 1. The molecule has 2 heterocycles. The number of carbonyl (C=O) groups is 1. The van der Waals surface area contributed by atoms with E-state index in [4.69, 9.17) is 16.3 Å². The van der Waals surface area contributed by atoms with Crippen LogP contribution < -0.4 is 9.46 Å². The smallest absolute Gasteiger partial charge is 0.244 e. The van der Waals surface area contributed by atoms with Crippen molar-refractivity contribution >= 4 is 27.5 Å². The van der Waals surface area contributed by atoms with Gasteiger partial charge in [0.25, 0.3) is 0 Å². The maximum absolute atomic E-state index is 13.2. The number of likely N-dealkylation sites (N-methyl/N-ethyl adjacent to an activating group) is 1. The number of β-amino-alcohol motifs (C(OH)–C–C–N with tert-alkyl or cyclic N) is 1. The second-order valence-electron chi connectivity index (χ2n) is 10.3. The van der Waals surface area contributed by atoms with Crippen molar-refractivity contribution in [2.75, 3.05) is 46.4 Å². The molecule has 2 aromatic carbocycles. The van der Waals surface area contributed by atoms with E-state index < -0.39 is 16.1 Å². The number of amides is 1. The van der Waals surface area contributed by atoms with Crippen molar-refractivity contribution in [3.8, 4) is 16.9 Å². The van der Waals surface area contributed by atoms with Gasteiger partial charge in [-0.1, -0.05) is 36.7 Å². The Hall–Kier alpha value is -2.17. The van der Waals surface area contributed by atoms with Crippen LogP contribution in [0.4, 0.5) is 0 Å². The summed E-state index contributed by atoms with van der Waals surface area (Å²) in [6.07, 6.45) is 1.97. The minimum atomic E-state index is -3.92. The number of nitrogens with one attached hydrogen (secondary N) is 1. The standard InChI is InChI=1S/C27H36ClN3O5S/c1-3-4-26(33)31-13-11-27(12-14-31)18-30(2)17-23(32)16-29-37(34,35)25-10-7-21(15-24(25)36-19-27)20-5-8-22(28)9-6-20/h5-10,15,23,29,32H,3-4,11-14,16-19H2,1-2H3. The van der Waals surface area contributed by atoms with E-state index in [9.17, 15) is 18.3 Å². The van der Waals surface area contributed by atoms with E-state index in [0.29, 0.717) is 44.2 Å². The lowest BCUT2D eigenvalue weighted by Crippen LogP contribution is -2.51. The normalized spacial score (nSPS) is 22.4. The molecule has 8 nitrogen and oxygen atoms in total. The number of benzene rings is 2. The van der Waals surface area contributed by atoms with E-state index in [1.165, 1.54) is 0 Å². The van der Waals surface area contributed by atoms with E-state index in [1.807, 2.05) is 35.9 Å². The molecule has 2 N–H and O–H groups in total. The van der Waals surface area contributed by atoms with E-state index >= 15 is 0 Å². The summed E-state index contributed by atoms with van der Waals surface area (Å²) in [6, 6.07) is 12.4. The van der Waals surface area contributed by atoms with Crippen molar-refractivity contribution in [1.29, 1.82) is 0 Å². The van der Waals surface area contributed by atoms with Crippen molar-refractivity contribution < 1.29 is 23.1 Å². The molecule has 0 aromatic heterocycles. The Morgan fingerprint density at radius 1 is 1.16 bits per heavy atom. The van der Waals surface area contributed by atoms with E-state index in [2.05, 4.69) is 4.72 Å². The fraction of sp³-hybridized carbons (Fsp3) is 0.519. The summed E-state index contributed by atoms with van der Waals surface area (Å²) in [5.41, 5.74) is 1.41. The fourth-order valence-electron chi connectivity index (χ4n) is 5.19. The minimum Gasteiger partial charge on any atom is -0.492 e. The average Bonchev–Trinajstić information content (AvgIpc) is 2.86. The predicted molar refractivity (Wildman–Crippen MR) is 144 cm³/mol. The largest absolute Gasteiger partial charge is 0.492 e. The lowest BCUT2D eigenvalue weighted by Gasteiger charge is -2.44. The Kier molecular flexibility index (Phi) is 8.81. The van der Waals surface area contributed by atoms with Gasteiger partial charge in [0.2, 0.25) is 15.9 Å². The van der Waals surface area contributed by atoms with E-state index in [1.54, 1.807) is 30.3 Å². The molecule has 2 aliphatic rings. The van der Waals surface area contributed by atoms with Gasteiger partial charge in [-0.25, -0.2) is 13.1 Å².